The molecule has 1 heterocycles. The minimum atomic E-state index is -1.97. The molecule has 2 atom stereocenters. The Morgan fingerprint density at radius 1 is 1.56 bits per heavy atom. The van der Waals surface area contributed by atoms with Crippen LogP contribution in [0.15, 0.2) is 0 Å². The van der Waals surface area contributed by atoms with E-state index in [0.717, 1.165) is 0 Å². The van der Waals surface area contributed by atoms with E-state index in [4.69, 9.17) is 14.6 Å². The van der Waals surface area contributed by atoms with E-state index in [1.807, 2.05) is 6.92 Å². The number of rotatable bonds is 7. The van der Waals surface area contributed by atoms with E-state index in [1.165, 1.54) is 0 Å². The molecule has 1 saturated heterocycles. The summed E-state index contributed by atoms with van der Waals surface area (Å²) in [5.41, 5.74) is -1.97. The van der Waals surface area contributed by atoms with Crippen LogP contribution in [0, 0.1) is 0 Å². The minimum Gasteiger partial charge on any atom is -0.481 e. The zero-order valence-corrected chi connectivity index (χ0v) is 9.14. The lowest BCUT2D eigenvalue weighted by Crippen LogP contribution is -2.43. The van der Waals surface area contributed by atoms with Crippen molar-refractivity contribution in [2.24, 2.45) is 0 Å². The summed E-state index contributed by atoms with van der Waals surface area (Å²) in [6.07, 6.45) is -0.301. The van der Waals surface area contributed by atoms with E-state index in [2.05, 4.69) is 0 Å². The smallest absolute Gasteiger partial charge is 0.338 e. The second kappa shape index (κ2) is 5.27. The summed E-state index contributed by atoms with van der Waals surface area (Å²) >= 11 is 0. The predicted molar refractivity (Wildman–Crippen MR) is 52.8 cm³/mol. The van der Waals surface area contributed by atoms with E-state index in [-0.39, 0.29) is 19.1 Å². The Balaban J connectivity index is 2.59. The predicted octanol–water partition coefficient (Wildman–Crippen LogP) is -0.0657. The second-order valence-electron chi connectivity index (χ2n) is 3.90. The molecule has 2 N–H and O–H groups in total. The summed E-state index contributed by atoms with van der Waals surface area (Å²) in [5, 5.41) is 18.6. The maximum absolute atomic E-state index is 11.5. The number of aliphatic carboxylic acids is 1. The number of carbonyl (C=O) groups is 2. The van der Waals surface area contributed by atoms with Crippen molar-refractivity contribution in [3.63, 3.8) is 0 Å². The molecule has 2 unspecified atom stereocenters. The van der Waals surface area contributed by atoms with Crippen LogP contribution in [0.3, 0.4) is 0 Å². The van der Waals surface area contributed by atoms with Crippen molar-refractivity contribution >= 4 is 11.9 Å². The van der Waals surface area contributed by atoms with Crippen LogP contribution in [-0.4, -0.2) is 47.1 Å². The van der Waals surface area contributed by atoms with Crippen LogP contribution in [0.1, 0.15) is 26.2 Å². The van der Waals surface area contributed by atoms with Crippen molar-refractivity contribution in [2.45, 2.75) is 37.9 Å². The number of aliphatic hydroxyl groups is 1. The van der Waals surface area contributed by atoms with Gasteiger partial charge in [0, 0.05) is 6.42 Å². The third-order valence-corrected chi connectivity index (χ3v) is 2.23. The highest BCUT2D eigenvalue weighted by Gasteiger charge is 2.45. The van der Waals surface area contributed by atoms with Crippen molar-refractivity contribution in [2.75, 3.05) is 13.2 Å². The van der Waals surface area contributed by atoms with Crippen LogP contribution in [-0.2, 0) is 19.1 Å². The SMILES string of the molecule is CCCOC(=O)C(O)(CC(=O)O)CC1CO1. The fraction of sp³-hybridized carbons (Fsp3) is 0.800. The van der Waals surface area contributed by atoms with Crippen LogP contribution < -0.4 is 0 Å². The Hall–Kier alpha value is -1.14. The molecular formula is C10H16O6. The lowest BCUT2D eigenvalue weighted by atomic mass is 9.94. The largest absolute Gasteiger partial charge is 0.481 e. The molecule has 0 bridgehead atoms. The molecular weight excluding hydrogens is 216 g/mol. The number of carboxylic acid groups (broad SMARTS) is 1. The molecule has 0 aromatic rings. The summed E-state index contributed by atoms with van der Waals surface area (Å²) in [5.74, 6) is -2.12. The van der Waals surface area contributed by atoms with Crippen LogP contribution >= 0.6 is 0 Å². The summed E-state index contributed by atoms with van der Waals surface area (Å²) < 4.78 is 9.66. The summed E-state index contributed by atoms with van der Waals surface area (Å²) in [6.45, 7) is 2.43. The lowest BCUT2D eigenvalue weighted by molar-refractivity contribution is -0.172. The zero-order valence-electron chi connectivity index (χ0n) is 9.14. The summed E-state index contributed by atoms with van der Waals surface area (Å²) in [7, 11) is 0. The van der Waals surface area contributed by atoms with Gasteiger partial charge in [-0.3, -0.25) is 4.79 Å². The zero-order chi connectivity index (χ0) is 12.2. The Kier molecular flexibility index (Phi) is 4.26. The molecule has 0 aliphatic carbocycles. The van der Waals surface area contributed by atoms with E-state index in [0.29, 0.717) is 13.0 Å². The van der Waals surface area contributed by atoms with Gasteiger partial charge < -0.3 is 19.7 Å². The first-order valence-electron chi connectivity index (χ1n) is 5.21. The number of epoxide rings is 1. The Labute approximate surface area is 93.2 Å². The number of hydrogen-bond acceptors (Lipinski definition) is 5. The van der Waals surface area contributed by atoms with Crippen molar-refractivity contribution in [1.82, 2.24) is 0 Å². The monoisotopic (exact) mass is 232 g/mol. The fourth-order valence-electron chi connectivity index (χ4n) is 1.37. The summed E-state index contributed by atoms with van der Waals surface area (Å²) in [6, 6.07) is 0. The van der Waals surface area contributed by atoms with Gasteiger partial charge in [-0.05, 0) is 6.42 Å². The molecule has 1 aliphatic heterocycles. The molecule has 6 nitrogen and oxygen atoms in total. The molecule has 1 fully saturated rings. The van der Waals surface area contributed by atoms with Gasteiger partial charge in [0.05, 0.1) is 25.7 Å². The molecule has 0 radical (unpaired) electrons. The van der Waals surface area contributed by atoms with Crippen LogP contribution in [0.4, 0.5) is 0 Å². The van der Waals surface area contributed by atoms with Gasteiger partial charge in [0.25, 0.3) is 0 Å². The molecule has 1 rings (SSSR count). The maximum Gasteiger partial charge on any atom is 0.338 e. The van der Waals surface area contributed by atoms with Crippen molar-refractivity contribution in [3.05, 3.63) is 0 Å². The van der Waals surface area contributed by atoms with Crippen LogP contribution in [0.25, 0.3) is 0 Å². The van der Waals surface area contributed by atoms with Gasteiger partial charge in [0.1, 0.15) is 0 Å². The van der Waals surface area contributed by atoms with Crippen molar-refractivity contribution < 1.29 is 29.3 Å². The average Bonchev–Trinajstić information content (AvgIpc) is 2.96. The van der Waals surface area contributed by atoms with Gasteiger partial charge >= 0.3 is 11.9 Å². The number of carboxylic acids is 1. The van der Waals surface area contributed by atoms with Crippen LogP contribution in [0.5, 0.6) is 0 Å². The van der Waals surface area contributed by atoms with E-state index in [1.54, 1.807) is 0 Å². The van der Waals surface area contributed by atoms with Gasteiger partial charge in [-0.25, -0.2) is 4.79 Å². The average molecular weight is 232 g/mol. The first kappa shape index (κ1) is 12.9. The molecule has 0 saturated carbocycles. The van der Waals surface area contributed by atoms with Gasteiger partial charge in [-0.1, -0.05) is 6.92 Å². The third-order valence-electron chi connectivity index (χ3n) is 2.23. The Bertz CT molecular complexity index is 272. The van der Waals surface area contributed by atoms with Gasteiger partial charge in [-0.2, -0.15) is 0 Å². The number of hydrogen-bond donors (Lipinski definition) is 2. The van der Waals surface area contributed by atoms with Gasteiger partial charge in [0.2, 0.25) is 0 Å². The first-order valence-corrected chi connectivity index (χ1v) is 5.21. The first-order chi connectivity index (χ1) is 7.48. The molecule has 1 aliphatic rings. The quantitative estimate of drug-likeness (QED) is 0.471. The standard InChI is InChI=1S/C10H16O6/c1-2-3-15-9(13)10(14,5-8(11)12)4-7-6-16-7/h7,14H,2-6H2,1H3,(H,11,12). The number of esters is 1. The second-order valence-corrected chi connectivity index (χ2v) is 3.90. The van der Waals surface area contributed by atoms with Crippen LogP contribution in [0.2, 0.25) is 0 Å². The minimum absolute atomic E-state index is 0.0259. The molecule has 6 heteroatoms. The molecule has 16 heavy (non-hydrogen) atoms. The molecule has 0 amide bonds. The highest BCUT2D eigenvalue weighted by molar-refractivity contribution is 5.85. The highest BCUT2D eigenvalue weighted by Crippen LogP contribution is 2.26. The molecule has 92 valence electrons. The molecule has 0 aromatic carbocycles. The van der Waals surface area contributed by atoms with E-state index < -0.39 is 24.0 Å². The summed E-state index contributed by atoms with van der Waals surface area (Å²) in [4.78, 5) is 22.1. The fourth-order valence-corrected chi connectivity index (χ4v) is 1.37. The van der Waals surface area contributed by atoms with E-state index >= 15 is 0 Å². The molecule has 0 aromatic heterocycles. The maximum atomic E-state index is 11.5. The van der Waals surface area contributed by atoms with Crippen molar-refractivity contribution in [1.29, 1.82) is 0 Å². The topological polar surface area (TPSA) is 96.4 Å². The lowest BCUT2D eigenvalue weighted by Gasteiger charge is -2.23. The third kappa shape index (κ3) is 3.79. The number of carbonyl (C=O) groups excluding carboxylic acids is 1. The van der Waals surface area contributed by atoms with E-state index in [9.17, 15) is 14.7 Å². The highest BCUT2D eigenvalue weighted by atomic mass is 16.6. The molecule has 0 spiro atoms. The Morgan fingerprint density at radius 3 is 2.62 bits per heavy atom. The van der Waals surface area contributed by atoms with Gasteiger partial charge in [0.15, 0.2) is 5.60 Å². The normalized spacial score (nSPS) is 22.2. The van der Waals surface area contributed by atoms with Gasteiger partial charge in [-0.15, -0.1) is 0 Å². The van der Waals surface area contributed by atoms with Crippen molar-refractivity contribution in [3.8, 4) is 0 Å². The number of ether oxygens (including phenoxy) is 2. The Morgan fingerprint density at radius 2 is 2.19 bits per heavy atom.